The molecule has 0 spiro atoms. The van der Waals surface area contributed by atoms with E-state index in [2.05, 4.69) is 0 Å². The topological polar surface area (TPSA) is 34.1 Å². The normalized spacial score (nSPS) is 21.6. The molecule has 0 amide bonds. The lowest BCUT2D eigenvalue weighted by molar-refractivity contribution is -0.114. The zero-order valence-electron chi connectivity index (χ0n) is 11.7. The second kappa shape index (κ2) is 8.44. The summed E-state index contributed by atoms with van der Waals surface area (Å²) >= 11 is 0. The van der Waals surface area contributed by atoms with Gasteiger partial charge < -0.3 is 4.79 Å². The molecule has 1 saturated carbocycles. The highest BCUT2D eigenvalue weighted by Crippen LogP contribution is 2.33. The van der Waals surface area contributed by atoms with Crippen LogP contribution in [0.25, 0.3) is 0 Å². The average Bonchev–Trinajstić information content (AvgIpc) is 2.38. The van der Waals surface area contributed by atoms with E-state index in [9.17, 15) is 9.59 Å². The lowest BCUT2D eigenvalue weighted by atomic mass is 9.74. The lowest BCUT2D eigenvalue weighted by Crippen LogP contribution is -2.31. The standard InChI is InChI=1S/C16H27O2/c1-16(13-17,14-18)15-11-9-7-5-3-2-4-6-8-10-12-15/h13,15H,2-12H2,1H3. The van der Waals surface area contributed by atoms with E-state index in [0.717, 1.165) is 32.0 Å². The highest BCUT2D eigenvalue weighted by molar-refractivity contribution is 5.83. The molecular weight excluding hydrogens is 224 g/mol. The second-order valence-corrected chi connectivity index (χ2v) is 5.96. The fourth-order valence-electron chi connectivity index (χ4n) is 2.97. The van der Waals surface area contributed by atoms with Gasteiger partial charge in [-0.2, -0.15) is 0 Å². The van der Waals surface area contributed by atoms with Crippen molar-refractivity contribution in [2.24, 2.45) is 11.3 Å². The molecule has 1 aliphatic carbocycles. The van der Waals surface area contributed by atoms with Gasteiger partial charge >= 0.3 is 0 Å². The van der Waals surface area contributed by atoms with Gasteiger partial charge in [0.1, 0.15) is 6.29 Å². The lowest BCUT2D eigenvalue weighted by Gasteiger charge is -2.27. The molecule has 0 heterocycles. The first-order chi connectivity index (χ1) is 8.73. The van der Waals surface area contributed by atoms with E-state index in [4.69, 9.17) is 0 Å². The van der Waals surface area contributed by atoms with E-state index in [1.165, 1.54) is 44.9 Å². The summed E-state index contributed by atoms with van der Waals surface area (Å²) in [6, 6.07) is 0. The summed E-state index contributed by atoms with van der Waals surface area (Å²) in [6.07, 6.45) is 16.3. The molecule has 18 heavy (non-hydrogen) atoms. The van der Waals surface area contributed by atoms with Gasteiger partial charge in [0.2, 0.25) is 6.29 Å². The van der Waals surface area contributed by atoms with Crippen LogP contribution in [-0.2, 0) is 9.59 Å². The third-order valence-corrected chi connectivity index (χ3v) is 4.42. The van der Waals surface area contributed by atoms with E-state index < -0.39 is 5.41 Å². The molecule has 0 saturated heterocycles. The van der Waals surface area contributed by atoms with Gasteiger partial charge in [0, 0.05) is 0 Å². The number of rotatable bonds is 3. The first-order valence-electron chi connectivity index (χ1n) is 7.58. The average molecular weight is 251 g/mol. The number of hydrogen-bond donors (Lipinski definition) is 0. The number of carbonyl (C=O) groups excluding carboxylic acids is 2. The molecule has 1 rings (SSSR count). The minimum atomic E-state index is -0.871. The Morgan fingerprint density at radius 2 is 1.28 bits per heavy atom. The van der Waals surface area contributed by atoms with Gasteiger partial charge in [-0.15, -0.1) is 0 Å². The first kappa shape index (κ1) is 15.4. The Hall–Kier alpha value is -0.660. The summed E-state index contributed by atoms with van der Waals surface area (Å²) in [4.78, 5) is 22.2. The van der Waals surface area contributed by atoms with Crippen LogP contribution in [0.4, 0.5) is 0 Å². The van der Waals surface area contributed by atoms with Gasteiger partial charge in [0.15, 0.2) is 0 Å². The van der Waals surface area contributed by atoms with E-state index in [1.54, 1.807) is 6.92 Å². The molecule has 0 aromatic heterocycles. The molecule has 1 radical (unpaired) electrons. The van der Waals surface area contributed by atoms with Crippen LogP contribution in [-0.4, -0.2) is 12.6 Å². The van der Waals surface area contributed by atoms with E-state index in [0.29, 0.717) is 0 Å². The molecule has 0 aromatic carbocycles. The Morgan fingerprint density at radius 3 is 1.61 bits per heavy atom. The van der Waals surface area contributed by atoms with Crippen molar-refractivity contribution in [1.82, 2.24) is 0 Å². The molecule has 0 bridgehead atoms. The van der Waals surface area contributed by atoms with E-state index in [1.807, 2.05) is 6.29 Å². The summed E-state index contributed by atoms with van der Waals surface area (Å²) in [5.74, 6) is 0.201. The molecule has 2 heteroatoms. The Morgan fingerprint density at radius 1 is 0.889 bits per heavy atom. The second-order valence-electron chi connectivity index (χ2n) is 5.96. The molecule has 0 aliphatic heterocycles. The molecule has 1 atom stereocenters. The third kappa shape index (κ3) is 4.91. The van der Waals surface area contributed by atoms with Gasteiger partial charge in [0.05, 0.1) is 5.41 Å². The Bertz CT molecular complexity index is 227. The zero-order chi connectivity index (χ0) is 13.3. The third-order valence-electron chi connectivity index (χ3n) is 4.42. The fraction of sp³-hybridized carbons (Fsp3) is 0.875. The Balaban J connectivity index is 2.55. The minimum Gasteiger partial charge on any atom is -0.302 e. The quantitative estimate of drug-likeness (QED) is 0.556. The monoisotopic (exact) mass is 251 g/mol. The van der Waals surface area contributed by atoms with Crippen molar-refractivity contribution in [3.8, 4) is 0 Å². The zero-order valence-corrected chi connectivity index (χ0v) is 11.7. The predicted octanol–water partition coefficient (Wildman–Crippen LogP) is 4.22. The van der Waals surface area contributed by atoms with Crippen molar-refractivity contribution in [3.05, 3.63) is 0 Å². The molecule has 0 N–H and O–H groups in total. The molecular formula is C16H27O2. The van der Waals surface area contributed by atoms with Crippen LogP contribution in [0.5, 0.6) is 0 Å². The smallest absolute Gasteiger partial charge is 0.212 e. The van der Waals surface area contributed by atoms with Crippen LogP contribution in [0.3, 0.4) is 0 Å². The maximum absolute atomic E-state index is 11.2. The number of carbonyl (C=O) groups is 1. The van der Waals surface area contributed by atoms with Crippen LogP contribution in [0.15, 0.2) is 0 Å². The Labute approximate surface area is 112 Å². The van der Waals surface area contributed by atoms with Crippen molar-refractivity contribution >= 4 is 12.6 Å². The number of aldehydes is 1. The maximum atomic E-state index is 11.2. The molecule has 0 aromatic rings. The van der Waals surface area contributed by atoms with Crippen LogP contribution in [0.1, 0.15) is 77.6 Å². The maximum Gasteiger partial charge on any atom is 0.212 e. The van der Waals surface area contributed by atoms with Crippen LogP contribution in [0.2, 0.25) is 0 Å². The van der Waals surface area contributed by atoms with Crippen molar-refractivity contribution in [1.29, 1.82) is 0 Å². The van der Waals surface area contributed by atoms with Crippen LogP contribution in [0, 0.1) is 11.3 Å². The largest absolute Gasteiger partial charge is 0.302 e. The van der Waals surface area contributed by atoms with Gasteiger partial charge in [-0.25, -0.2) is 0 Å². The van der Waals surface area contributed by atoms with E-state index in [-0.39, 0.29) is 5.92 Å². The SMILES string of the molecule is CC([C]=O)(C=O)C1CCCCCCCCCCC1. The molecule has 1 aliphatic rings. The molecule has 1 unspecified atom stereocenters. The minimum absolute atomic E-state index is 0.201. The first-order valence-corrected chi connectivity index (χ1v) is 7.58. The highest BCUT2D eigenvalue weighted by Gasteiger charge is 2.33. The Kier molecular flexibility index (Phi) is 7.22. The summed E-state index contributed by atoms with van der Waals surface area (Å²) < 4.78 is 0. The van der Waals surface area contributed by atoms with Crippen LogP contribution >= 0.6 is 0 Å². The van der Waals surface area contributed by atoms with Crippen molar-refractivity contribution in [2.45, 2.75) is 77.6 Å². The predicted molar refractivity (Wildman–Crippen MR) is 74.1 cm³/mol. The summed E-state index contributed by atoms with van der Waals surface area (Å²) in [6.45, 7) is 1.75. The highest BCUT2D eigenvalue weighted by atomic mass is 16.1. The van der Waals surface area contributed by atoms with Gasteiger partial charge in [-0.1, -0.05) is 57.8 Å². The molecule has 103 valence electrons. The van der Waals surface area contributed by atoms with Gasteiger partial charge in [0.25, 0.3) is 0 Å². The van der Waals surface area contributed by atoms with E-state index >= 15 is 0 Å². The van der Waals surface area contributed by atoms with Crippen molar-refractivity contribution in [3.63, 3.8) is 0 Å². The molecule has 1 fully saturated rings. The van der Waals surface area contributed by atoms with Crippen LogP contribution < -0.4 is 0 Å². The van der Waals surface area contributed by atoms with Crippen molar-refractivity contribution in [2.75, 3.05) is 0 Å². The summed E-state index contributed by atoms with van der Waals surface area (Å²) in [7, 11) is 0. The van der Waals surface area contributed by atoms with Gasteiger partial charge in [-0.05, 0) is 25.7 Å². The summed E-state index contributed by atoms with van der Waals surface area (Å²) in [5.41, 5.74) is -0.871. The van der Waals surface area contributed by atoms with Gasteiger partial charge in [-0.3, -0.25) is 4.79 Å². The van der Waals surface area contributed by atoms with Crippen molar-refractivity contribution < 1.29 is 9.59 Å². The fourth-order valence-corrected chi connectivity index (χ4v) is 2.97. The number of hydrogen-bond acceptors (Lipinski definition) is 2. The molecule has 2 nitrogen and oxygen atoms in total. The summed E-state index contributed by atoms with van der Waals surface area (Å²) in [5, 5.41) is 0.